The number of para-hydroxylation sites is 2. The molecular formula is C23H19N5O3. The van der Waals surface area contributed by atoms with Crippen LogP contribution in [0.1, 0.15) is 11.1 Å². The number of carbonyl (C=O) groups is 1. The lowest BCUT2D eigenvalue weighted by molar-refractivity contribution is -0.123. The van der Waals surface area contributed by atoms with Gasteiger partial charge in [-0.2, -0.15) is 5.26 Å². The second-order valence-electron chi connectivity index (χ2n) is 6.67. The number of nitrogens with one attached hydrogen (secondary N) is 1. The van der Waals surface area contributed by atoms with Gasteiger partial charge in [0, 0.05) is 18.8 Å². The lowest BCUT2D eigenvalue weighted by atomic mass is 10.2. The Bertz CT molecular complexity index is 1260. The van der Waals surface area contributed by atoms with Crippen LogP contribution in [0.4, 0.5) is 0 Å². The monoisotopic (exact) mass is 413 g/mol. The van der Waals surface area contributed by atoms with Crippen molar-refractivity contribution in [2.24, 2.45) is 0 Å². The van der Waals surface area contributed by atoms with Crippen LogP contribution in [0.15, 0.2) is 67.1 Å². The van der Waals surface area contributed by atoms with Gasteiger partial charge in [0.05, 0.1) is 29.8 Å². The summed E-state index contributed by atoms with van der Waals surface area (Å²) < 4.78 is 12.6. The topological polar surface area (TPSA) is 102 Å². The maximum absolute atomic E-state index is 12.2. The van der Waals surface area contributed by atoms with Crippen molar-refractivity contribution < 1.29 is 14.3 Å². The highest BCUT2D eigenvalue weighted by molar-refractivity contribution is 5.78. The minimum absolute atomic E-state index is 0.172. The fourth-order valence-electron chi connectivity index (χ4n) is 3.06. The van der Waals surface area contributed by atoms with Crippen molar-refractivity contribution in [3.63, 3.8) is 0 Å². The van der Waals surface area contributed by atoms with Gasteiger partial charge in [-0.25, -0.2) is 9.97 Å². The SMILES string of the molecule is COc1cc(C#N)ccc1OCC(=O)NCc1ccc(-n2cnc3ccccc32)nc1. The summed E-state index contributed by atoms with van der Waals surface area (Å²) in [7, 11) is 1.48. The van der Waals surface area contributed by atoms with Crippen LogP contribution < -0.4 is 14.8 Å². The predicted molar refractivity (Wildman–Crippen MR) is 114 cm³/mol. The Morgan fingerprint density at radius 3 is 2.77 bits per heavy atom. The van der Waals surface area contributed by atoms with Gasteiger partial charge >= 0.3 is 0 Å². The molecule has 0 unspecified atom stereocenters. The van der Waals surface area contributed by atoms with Crippen LogP contribution in [0, 0.1) is 11.3 Å². The first kappa shape index (κ1) is 19.9. The fraction of sp³-hybridized carbons (Fsp3) is 0.130. The molecule has 0 radical (unpaired) electrons. The Morgan fingerprint density at radius 2 is 2.00 bits per heavy atom. The Morgan fingerprint density at radius 1 is 1.13 bits per heavy atom. The standard InChI is InChI=1S/C23H19N5O3/c1-30-21-10-16(11-24)6-8-20(21)31-14-23(29)26-13-17-7-9-22(25-12-17)28-15-27-18-4-2-3-5-19(18)28/h2-10,12,15H,13-14H2,1H3,(H,26,29). The van der Waals surface area contributed by atoms with Gasteiger partial charge in [0.25, 0.3) is 5.91 Å². The van der Waals surface area contributed by atoms with E-state index in [1.54, 1.807) is 30.7 Å². The number of pyridine rings is 1. The van der Waals surface area contributed by atoms with Crippen LogP contribution in [0.3, 0.4) is 0 Å². The van der Waals surface area contributed by atoms with Crippen molar-refractivity contribution in [2.75, 3.05) is 13.7 Å². The number of imidazole rings is 1. The molecule has 31 heavy (non-hydrogen) atoms. The Balaban J connectivity index is 1.33. The minimum Gasteiger partial charge on any atom is -0.493 e. The van der Waals surface area contributed by atoms with E-state index in [0.29, 0.717) is 23.6 Å². The molecule has 0 aliphatic rings. The quantitative estimate of drug-likeness (QED) is 0.500. The maximum Gasteiger partial charge on any atom is 0.258 e. The van der Waals surface area contributed by atoms with E-state index in [4.69, 9.17) is 14.7 Å². The first-order valence-corrected chi connectivity index (χ1v) is 9.53. The van der Waals surface area contributed by atoms with Crippen LogP contribution >= 0.6 is 0 Å². The summed E-state index contributed by atoms with van der Waals surface area (Å²) in [5.41, 5.74) is 3.19. The Kier molecular flexibility index (Phi) is 5.76. The molecule has 0 atom stereocenters. The average Bonchev–Trinajstić information content (AvgIpc) is 3.26. The molecule has 4 aromatic rings. The summed E-state index contributed by atoms with van der Waals surface area (Å²) in [6, 6.07) is 18.4. The summed E-state index contributed by atoms with van der Waals surface area (Å²) in [5.74, 6) is 1.27. The number of benzene rings is 2. The molecule has 2 heterocycles. The lowest BCUT2D eigenvalue weighted by Gasteiger charge is -2.11. The lowest BCUT2D eigenvalue weighted by Crippen LogP contribution is -2.28. The number of amides is 1. The number of methoxy groups -OCH3 is 1. The average molecular weight is 413 g/mol. The van der Waals surface area contributed by atoms with Crippen LogP contribution in [0.5, 0.6) is 11.5 Å². The number of rotatable bonds is 7. The third kappa shape index (κ3) is 4.46. The van der Waals surface area contributed by atoms with Crippen molar-refractivity contribution in [2.45, 2.75) is 6.54 Å². The number of aromatic nitrogens is 3. The van der Waals surface area contributed by atoms with Crippen LogP contribution in [-0.4, -0.2) is 34.2 Å². The van der Waals surface area contributed by atoms with E-state index in [0.717, 1.165) is 22.4 Å². The molecule has 4 rings (SSSR count). The summed E-state index contributed by atoms with van der Waals surface area (Å²) in [6.45, 7) is 0.152. The first-order chi connectivity index (χ1) is 15.2. The summed E-state index contributed by atoms with van der Waals surface area (Å²) >= 11 is 0. The molecule has 0 saturated heterocycles. The number of nitrogens with zero attached hydrogens (tertiary/aromatic N) is 4. The van der Waals surface area contributed by atoms with E-state index in [2.05, 4.69) is 15.3 Å². The number of fused-ring (bicyclic) bond motifs is 1. The highest BCUT2D eigenvalue weighted by atomic mass is 16.5. The third-order valence-electron chi connectivity index (χ3n) is 4.65. The highest BCUT2D eigenvalue weighted by Crippen LogP contribution is 2.27. The second kappa shape index (κ2) is 8.97. The molecule has 2 aromatic carbocycles. The van der Waals surface area contributed by atoms with Gasteiger partial charge < -0.3 is 14.8 Å². The Hall–Kier alpha value is -4.38. The molecule has 0 spiro atoms. The zero-order valence-electron chi connectivity index (χ0n) is 16.8. The van der Waals surface area contributed by atoms with Crippen molar-refractivity contribution in [3.8, 4) is 23.4 Å². The molecule has 8 nitrogen and oxygen atoms in total. The van der Waals surface area contributed by atoms with Crippen LogP contribution in [-0.2, 0) is 11.3 Å². The molecular weight excluding hydrogens is 394 g/mol. The number of hydrogen-bond acceptors (Lipinski definition) is 6. The molecule has 2 aromatic heterocycles. The normalized spacial score (nSPS) is 10.5. The largest absolute Gasteiger partial charge is 0.493 e. The molecule has 0 aliphatic carbocycles. The van der Waals surface area contributed by atoms with Crippen LogP contribution in [0.2, 0.25) is 0 Å². The van der Waals surface area contributed by atoms with Gasteiger partial charge in [0.1, 0.15) is 12.1 Å². The van der Waals surface area contributed by atoms with Crippen molar-refractivity contribution >= 4 is 16.9 Å². The summed E-state index contributed by atoms with van der Waals surface area (Å²) in [5, 5.41) is 11.7. The van der Waals surface area contributed by atoms with Gasteiger partial charge in [0.15, 0.2) is 18.1 Å². The van der Waals surface area contributed by atoms with E-state index in [1.165, 1.54) is 7.11 Å². The molecule has 0 saturated carbocycles. The fourth-order valence-corrected chi connectivity index (χ4v) is 3.06. The van der Waals surface area contributed by atoms with Gasteiger partial charge in [-0.05, 0) is 35.9 Å². The number of carbonyl (C=O) groups excluding carboxylic acids is 1. The van der Waals surface area contributed by atoms with E-state index < -0.39 is 0 Å². The number of hydrogen-bond donors (Lipinski definition) is 1. The van der Waals surface area contributed by atoms with Crippen LogP contribution in [0.25, 0.3) is 16.9 Å². The molecule has 1 amide bonds. The minimum atomic E-state index is -0.281. The highest BCUT2D eigenvalue weighted by Gasteiger charge is 2.09. The van der Waals surface area contributed by atoms with Gasteiger partial charge in [-0.15, -0.1) is 0 Å². The van der Waals surface area contributed by atoms with E-state index in [1.807, 2.05) is 47.0 Å². The zero-order valence-corrected chi connectivity index (χ0v) is 16.8. The molecule has 0 aliphatic heterocycles. The van der Waals surface area contributed by atoms with Gasteiger partial charge in [-0.3, -0.25) is 9.36 Å². The van der Waals surface area contributed by atoms with Crippen molar-refractivity contribution in [3.05, 3.63) is 78.2 Å². The maximum atomic E-state index is 12.2. The predicted octanol–water partition coefficient (Wildman–Crippen LogP) is 3.00. The number of nitriles is 1. The zero-order chi connectivity index (χ0) is 21.6. The molecule has 0 fully saturated rings. The van der Waals surface area contributed by atoms with Crippen molar-refractivity contribution in [1.82, 2.24) is 19.9 Å². The van der Waals surface area contributed by atoms with E-state index >= 15 is 0 Å². The number of ether oxygens (including phenoxy) is 2. The van der Waals surface area contributed by atoms with E-state index in [9.17, 15) is 4.79 Å². The molecule has 8 heteroatoms. The molecule has 1 N–H and O–H groups in total. The molecule has 0 bridgehead atoms. The smallest absolute Gasteiger partial charge is 0.258 e. The van der Waals surface area contributed by atoms with Gasteiger partial charge in [0.2, 0.25) is 0 Å². The second-order valence-corrected chi connectivity index (χ2v) is 6.67. The van der Waals surface area contributed by atoms with Gasteiger partial charge in [-0.1, -0.05) is 18.2 Å². The molecule has 154 valence electrons. The first-order valence-electron chi connectivity index (χ1n) is 9.53. The third-order valence-corrected chi connectivity index (χ3v) is 4.65. The van der Waals surface area contributed by atoms with Crippen molar-refractivity contribution in [1.29, 1.82) is 5.26 Å². The summed E-state index contributed by atoms with van der Waals surface area (Å²) in [4.78, 5) is 21.0. The van der Waals surface area contributed by atoms with E-state index in [-0.39, 0.29) is 12.5 Å². The Labute approximate surface area is 178 Å². The summed E-state index contributed by atoms with van der Waals surface area (Å²) in [6.07, 6.45) is 3.46.